The zero-order chi connectivity index (χ0) is 16.0. The average Bonchev–Trinajstić information content (AvgIpc) is 2.72. The van der Waals surface area contributed by atoms with Gasteiger partial charge in [0.25, 0.3) is 5.91 Å². The van der Waals surface area contributed by atoms with E-state index in [9.17, 15) is 13.2 Å². The van der Waals surface area contributed by atoms with Crippen molar-refractivity contribution in [3.63, 3.8) is 0 Å². The number of nitrogens with zero attached hydrogens (tertiary/aromatic N) is 1. The van der Waals surface area contributed by atoms with E-state index in [1.165, 1.54) is 11.3 Å². The Bertz CT molecular complexity index is 583. The maximum atomic E-state index is 11.9. The van der Waals surface area contributed by atoms with Gasteiger partial charge in [0.05, 0.1) is 5.75 Å². The Kier molecular flexibility index (Phi) is 6.37. The van der Waals surface area contributed by atoms with Crippen LogP contribution in [0.5, 0.6) is 0 Å². The molecule has 1 rings (SSSR count). The fourth-order valence-corrected chi connectivity index (χ4v) is 2.77. The molecular weight excluding hydrogens is 314 g/mol. The molecule has 0 unspecified atom stereocenters. The van der Waals surface area contributed by atoms with Gasteiger partial charge in [-0.25, -0.2) is 18.5 Å². The molecular formula is C11H21N5O3S2. The zero-order valence-corrected chi connectivity index (χ0v) is 13.7. The summed E-state index contributed by atoms with van der Waals surface area (Å²) in [5, 5.41) is 11.2. The lowest BCUT2D eigenvalue weighted by atomic mass is 10.2. The maximum Gasteiger partial charge on any atom is 0.265 e. The molecule has 21 heavy (non-hydrogen) atoms. The van der Waals surface area contributed by atoms with E-state index in [1.807, 2.05) is 0 Å². The molecule has 0 aromatic carbocycles. The number of carbonyl (C=O) groups is 1. The first-order valence-corrected chi connectivity index (χ1v) is 9.01. The highest BCUT2D eigenvalue weighted by Crippen LogP contribution is 2.24. The minimum atomic E-state index is -3.50. The van der Waals surface area contributed by atoms with E-state index in [2.05, 4.69) is 29.5 Å². The molecule has 6 N–H and O–H groups in total. The predicted octanol–water partition coefficient (Wildman–Crippen LogP) is 0.202. The summed E-state index contributed by atoms with van der Waals surface area (Å²) in [6.07, 6.45) is 0.252. The summed E-state index contributed by atoms with van der Waals surface area (Å²) in [6.45, 7) is 5.07. The van der Waals surface area contributed by atoms with E-state index in [0.29, 0.717) is 15.9 Å². The van der Waals surface area contributed by atoms with Crippen molar-refractivity contribution in [2.75, 3.05) is 29.9 Å². The van der Waals surface area contributed by atoms with Gasteiger partial charge in [-0.2, -0.15) is 0 Å². The van der Waals surface area contributed by atoms with Crippen molar-refractivity contribution in [2.45, 2.75) is 20.3 Å². The topological polar surface area (TPSA) is 140 Å². The third-order valence-electron chi connectivity index (χ3n) is 2.41. The van der Waals surface area contributed by atoms with Gasteiger partial charge in [0.15, 0.2) is 5.13 Å². The van der Waals surface area contributed by atoms with Crippen LogP contribution >= 0.6 is 11.3 Å². The second kappa shape index (κ2) is 7.57. The van der Waals surface area contributed by atoms with Crippen molar-refractivity contribution in [1.29, 1.82) is 0 Å². The molecule has 0 aliphatic heterocycles. The Morgan fingerprint density at radius 3 is 2.67 bits per heavy atom. The Morgan fingerprint density at radius 2 is 2.10 bits per heavy atom. The van der Waals surface area contributed by atoms with Crippen molar-refractivity contribution in [1.82, 2.24) is 10.3 Å². The van der Waals surface area contributed by atoms with Crippen LogP contribution < -0.4 is 21.5 Å². The third-order valence-corrected chi connectivity index (χ3v) is 4.30. The monoisotopic (exact) mass is 335 g/mol. The SMILES string of the molecule is CC(C)CNc1nc(N)c(C(=O)NCCCS(N)(=O)=O)s1. The highest BCUT2D eigenvalue weighted by molar-refractivity contribution is 7.89. The molecule has 10 heteroatoms. The predicted molar refractivity (Wildman–Crippen MR) is 84.8 cm³/mol. The maximum absolute atomic E-state index is 11.9. The lowest BCUT2D eigenvalue weighted by Crippen LogP contribution is -2.27. The Morgan fingerprint density at radius 1 is 1.43 bits per heavy atom. The van der Waals surface area contributed by atoms with Crippen LogP contribution in [0.3, 0.4) is 0 Å². The summed E-state index contributed by atoms with van der Waals surface area (Å²) in [5.74, 6) is 0.0740. The molecule has 8 nitrogen and oxygen atoms in total. The van der Waals surface area contributed by atoms with Gasteiger partial charge in [-0.15, -0.1) is 0 Å². The van der Waals surface area contributed by atoms with Gasteiger partial charge in [0.1, 0.15) is 10.7 Å². The second-order valence-electron chi connectivity index (χ2n) is 4.98. The van der Waals surface area contributed by atoms with Gasteiger partial charge >= 0.3 is 0 Å². The van der Waals surface area contributed by atoms with Crippen LogP contribution in [-0.2, 0) is 10.0 Å². The van der Waals surface area contributed by atoms with E-state index in [0.717, 1.165) is 6.54 Å². The van der Waals surface area contributed by atoms with Gasteiger partial charge in [0.2, 0.25) is 10.0 Å². The first-order chi connectivity index (χ1) is 9.69. The Balaban J connectivity index is 2.50. The van der Waals surface area contributed by atoms with E-state index in [4.69, 9.17) is 10.9 Å². The molecule has 120 valence electrons. The molecule has 1 aromatic heterocycles. The molecule has 0 aliphatic rings. The molecule has 0 aliphatic carbocycles. The number of carbonyl (C=O) groups excluding carboxylic acids is 1. The van der Waals surface area contributed by atoms with Crippen LogP contribution in [0.1, 0.15) is 29.9 Å². The van der Waals surface area contributed by atoms with Crippen LogP contribution in [0.25, 0.3) is 0 Å². The number of nitrogen functional groups attached to an aromatic ring is 1. The number of rotatable bonds is 8. The van der Waals surface area contributed by atoms with Gasteiger partial charge in [-0.05, 0) is 12.3 Å². The molecule has 1 heterocycles. The number of anilines is 2. The first kappa shape index (κ1) is 17.7. The largest absolute Gasteiger partial charge is 0.382 e. The number of primary sulfonamides is 1. The number of nitrogens with two attached hydrogens (primary N) is 2. The number of amides is 1. The molecule has 0 bridgehead atoms. The van der Waals surface area contributed by atoms with Crippen LogP contribution in [0.2, 0.25) is 0 Å². The normalized spacial score (nSPS) is 11.6. The molecule has 1 aromatic rings. The zero-order valence-electron chi connectivity index (χ0n) is 12.0. The molecule has 1 amide bonds. The molecule has 0 saturated carbocycles. The van der Waals surface area contributed by atoms with Crippen molar-refractivity contribution in [3.8, 4) is 0 Å². The van der Waals surface area contributed by atoms with Crippen LogP contribution in [0, 0.1) is 5.92 Å². The molecule has 0 spiro atoms. The average molecular weight is 335 g/mol. The van der Waals surface area contributed by atoms with Gasteiger partial charge in [0, 0.05) is 13.1 Å². The number of thiazole rings is 1. The summed E-state index contributed by atoms with van der Waals surface area (Å²) >= 11 is 1.17. The summed E-state index contributed by atoms with van der Waals surface area (Å²) in [5.41, 5.74) is 5.70. The van der Waals surface area contributed by atoms with Crippen molar-refractivity contribution in [2.24, 2.45) is 11.1 Å². The van der Waals surface area contributed by atoms with Crippen molar-refractivity contribution < 1.29 is 13.2 Å². The summed E-state index contributed by atoms with van der Waals surface area (Å²) in [4.78, 5) is 16.3. The molecule has 0 radical (unpaired) electrons. The number of aromatic nitrogens is 1. The standard InChI is InChI=1S/C11H21N5O3S2/c1-7(2)6-15-11-16-9(12)8(20-11)10(17)14-4-3-5-21(13,18)19/h7H,3-6,12H2,1-2H3,(H,14,17)(H,15,16)(H2,13,18,19). The van der Waals surface area contributed by atoms with Crippen molar-refractivity contribution in [3.05, 3.63) is 4.88 Å². The van der Waals surface area contributed by atoms with E-state index in [1.54, 1.807) is 0 Å². The fraction of sp³-hybridized carbons (Fsp3) is 0.636. The number of nitrogens with one attached hydrogen (secondary N) is 2. The quantitative estimate of drug-likeness (QED) is 0.500. The fourth-order valence-electron chi connectivity index (χ4n) is 1.42. The van der Waals surface area contributed by atoms with Crippen LogP contribution in [0.15, 0.2) is 0 Å². The van der Waals surface area contributed by atoms with Gasteiger partial charge in [-0.1, -0.05) is 25.2 Å². The first-order valence-electron chi connectivity index (χ1n) is 6.48. The van der Waals surface area contributed by atoms with Gasteiger partial charge in [-0.3, -0.25) is 4.79 Å². The smallest absolute Gasteiger partial charge is 0.265 e. The van der Waals surface area contributed by atoms with E-state index in [-0.39, 0.29) is 30.4 Å². The minimum Gasteiger partial charge on any atom is -0.382 e. The third kappa shape index (κ3) is 6.74. The Hall–Kier alpha value is -1.39. The lowest BCUT2D eigenvalue weighted by molar-refractivity contribution is 0.0958. The highest BCUT2D eigenvalue weighted by Gasteiger charge is 2.16. The molecule has 0 fully saturated rings. The number of sulfonamides is 1. The van der Waals surface area contributed by atoms with E-state index < -0.39 is 10.0 Å². The summed E-state index contributed by atoms with van der Waals surface area (Å²) in [6, 6.07) is 0. The van der Waals surface area contributed by atoms with E-state index >= 15 is 0 Å². The van der Waals surface area contributed by atoms with Gasteiger partial charge < -0.3 is 16.4 Å². The molecule has 0 saturated heterocycles. The van der Waals surface area contributed by atoms with Crippen LogP contribution in [-0.4, -0.2) is 38.2 Å². The number of hydrogen-bond donors (Lipinski definition) is 4. The summed E-state index contributed by atoms with van der Waals surface area (Å²) in [7, 11) is -3.50. The van der Waals surface area contributed by atoms with Crippen LogP contribution in [0.4, 0.5) is 10.9 Å². The second-order valence-corrected chi connectivity index (χ2v) is 7.72. The minimum absolute atomic E-state index is 0.162. The summed E-state index contributed by atoms with van der Waals surface area (Å²) < 4.78 is 21.5. The lowest BCUT2D eigenvalue weighted by Gasteiger charge is -2.04. The number of hydrogen-bond acceptors (Lipinski definition) is 7. The molecule has 0 atom stereocenters. The highest BCUT2D eigenvalue weighted by atomic mass is 32.2. The Labute approximate surface area is 128 Å². The van der Waals surface area contributed by atoms with Crippen molar-refractivity contribution >= 4 is 38.2 Å².